The van der Waals surface area contributed by atoms with Gasteiger partial charge in [0.05, 0.1) is 6.10 Å². The summed E-state index contributed by atoms with van der Waals surface area (Å²) in [6.07, 6.45) is 1.25. The van der Waals surface area contributed by atoms with E-state index in [1.165, 1.54) is 0 Å². The highest BCUT2D eigenvalue weighted by Crippen LogP contribution is 2.29. The second-order valence-corrected chi connectivity index (χ2v) is 6.38. The number of thioether (sulfide) groups is 1. The monoisotopic (exact) mass is 261 g/mol. The van der Waals surface area contributed by atoms with Crippen molar-refractivity contribution in [3.8, 4) is 0 Å². The van der Waals surface area contributed by atoms with Crippen LogP contribution in [0.1, 0.15) is 34.1 Å². The van der Waals surface area contributed by atoms with Crippen LogP contribution in [0.25, 0.3) is 0 Å². The molecule has 1 heterocycles. The highest BCUT2D eigenvalue weighted by molar-refractivity contribution is 8.00. The van der Waals surface area contributed by atoms with Gasteiger partial charge >= 0.3 is 5.97 Å². The van der Waals surface area contributed by atoms with E-state index in [1.807, 2.05) is 13.8 Å². The van der Waals surface area contributed by atoms with Crippen LogP contribution in [0, 0.1) is 0 Å². The molecule has 0 amide bonds. The molecular weight excluding hydrogens is 238 g/mol. The molecule has 1 aliphatic heterocycles. The molecule has 1 aliphatic rings. The normalized spacial score (nSPS) is 28.3. The van der Waals surface area contributed by atoms with Gasteiger partial charge in [-0.25, -0.2) is 0 Å². The summed E-state index contributed by atoms with van der Waals surface area (Å²) in [6.45, 7) is 8.53. The largest absolute Gasteiger partial charge is 0.480 e. The van der Waals surface area contributed by atoms with Crippen LogP contribution in [0.5, 0.6) is 0 Å². The average molecular weight is 261 g/mol. The molecule has 0 aromatic heterocycles. The third-order valence-electron chi connectivity index (χ3n) is 2.97. The quantitative estimate of drug-likeness (QED) is 0.762. The van der Waals surface area contributed by atoms with Crippen molar-refractivity contribution in [2.45, 2.75) is 57.1 Å². The molecule has 3 atom stereocenters. The van der Waals surface area contributed by atoms with E-state index in [4.69, 9.17) is 4.74 Å². The Kier molecular flexibility index (Phi) is 5.28. The maximum Gasteiger partial charge on any atom is 0.324 e. The molecule has 5 heteroatoms. The van der Waals surface area contributed by atoms with E-state index in [2.05, 4.69) is 12.2 Å². The number of rotatable bonds is 6. The van der Waals surface area contributed by atoms with Gasteiger partial charge in [-0.1, -0.05) is 0 Å². The average Bonchev–Trinajstić information content (AvgIpc) is 2.60. The number of carbonyl (C=O) groups is 1. The summed E-state index contributed by atoms with van der Waals surface area (Å²) in [5.41, 5.74) is -0.860. The van der Waals surface area contributed by atoms with Gasteiger partial charge in [0.1, 0.15) is 5.54 Å². The molecule has 0 aromatic rings. The fourth-order valence-electron chi connectivity index (χ4n) is 2.01. The van der Waals surface area contributed by atoms with E-state index < -0.39 is 11.5 Å². The molecule has 0 spiro atoms. The van der Waals surface area contributed by atoms with Crippen LogP contribution in [0.15, 0.2) is 0 Å². The summed E-state index contributed by atoms with van der Waals surface area (Å²) in [6, 6.07) is 0.161. The molecule has 0 radical (unpaired) electrons. The van der Waals surface area contributed by atoms with Crippen molar-refractivity contribution in [3.63, 3.8) is 0 Å². The highest BCUT2D eigenvalue weighted by Gasteiger charge is 2.36. The van der Waals surface area contributed by atoms with Crippen molar-refractivity contribution in [2.75, 3.05) is 12.4 Å². The Balaban J connectivity index is 2.52. The molecule has 0 saturated carbocycles. The Morgan fingerprint density at radius 3 is 2.71 bits per heavy atom. The zero-order valence-corrected chi connectivity index (χ0v) is 11.8. The first-order chi connectivity index (χ1) is 7.85. The lowest BCUT2D eigenvalue weighted by Crippen LogP contribution is -2.54. The first kappa shape index (κ1) is 14.8. The van der Waals surface area contributed by atoms with Crippen molar-refractivity contribution < 1.29 is 14.6 Å². The van der Waals surface area contributed by atoms with E-state index >= 15 is 0 Å². The van der Waals surface area contributed by atoms with Crippen LogP contribution >= 0.6 is 11.8 Å². The first-order valence-corrected chi connectivity index (χ1v) is 7.14. The minimum Gasteiger partial charge on any atom is -0.480 e. The lowest BCUT2D eigenvalue weighted by atomic mass is 10.1. The molecule has 0 aliphatic carbocycles. The van der Waals surface area contributed by atoms with E-state index in [0.717, 1.165) is 13.0 Å². The zero-order valence-electron chi connectivity index (χ0n) is 11.0. The van der Waals surface area contributed by atoms with E-state index in [9.17, 15) is 9.90 Å². The lowest BCUT2D eigenvalue weighted by molar-refractivity contribution is -0.143. The van der Waals surface area contributed by atoms with Gasteiger partial charge < -0.3 is 9.84 Å². The molecule has 1 rings (SSSR count). The maximum absolute atomic E-state index is 11.3. The second-order valence-electron chi connectivity index (χ2n) is 5.15. The van der Waals surface area contributed by atoms with Gasteiger partial charge in [0.25, 0.3) is 0 Å². The van der Waals surface area contributed by atoms with Gasteiger partial charge in [-0.3, -0.25) is 10.1 Å². The second kappa shape index (κ2) is 6.07. The Labute approximate surface area is 107 Å². The smallest absolute Gasteiger partial charge is 0.324 e. The van der Waals surface area contributed by atoms with Gasteiger partial charge in [-0.05, 0) is 34.1 Å². The number of carboxylic acids is 1. The number of ether oxygens (including phenoxy) is 1. The minimum absolute atomic E-state index is 0.161. The first-order valence-electron chi connectivity index (χ1n) is 6.09. The van der Waals surface area contributed by atoms with Crippen molar-refractivity contribution in [3.05, 3.63) is 0 Å². The third-order valence-corrected chi connectivity index (χ3v) is 4.76. The minimum atomic E-state index is -0.860. The van der Waals surface area contributed by atoms with Crippen LogP contribution in [0.2, 0.25) is 0 Å². The highest BCUT2D eigenvalue weighted by atomic mass is 32.2. The van der Waals surface area contributed by atoms with E-state index in [-0.39, 0.29) is 12.1 Å². The van der Waals surface area contributed by atoms with Gasteiger partial charge in [0.15, 0.2) is 0 Å². The molecule has 17 heavy (non-hydrogen) atoms. The summed E-state index contributed by atoms with van der Waals surface area (Å²) >= 11 is 1.70. The van der Waals surface area contributed by atoms with Crippen LogP contribution in [-0.4, -0.2) is 46.4 Å². The molecule has 3 unspecified atom stereocenters. The molecular formula is C12H23NO3S. The Bertz CT molecular complexity index is 272. The van der Waals surface area contributed by atoms with Crippen molar-refractivity contribution in [1.82, 2.24) is 5.32 Å². The number of hydrogen-bond donors (Lipinski definition) is 2. The SMILES string of the molecule is CC(C)NC(C)(CSC1CCOC1C)C(=O)O. The number of aliphatic carboxylic acids is 1. The van der Waals surface area contributed by atoms with Crippen molar-refractivity contribution >= 4 is 17.7 Å². The summed E-state index contributed by atoms with van der Waals surface area (Å²) in [5.74, 6) is -0.218. The molecule has 1 saturated heterocycles. The van der Waals surface area contributed by atoms with E-state index in [0.29, 0.717) is 11.0 Å². The van der Waals surface area contributed by atoms with Crippen molar-refractivity contribution in [2.24, 2.45) is 0 Å². The maximum atomic E-state index is 11.3. The van der Waals surface area contributed by atoms with Crippen LogP contribution < -0.4 is 5.32 Å². The van der Waals surface area contributed by atoms with Gasteiger partial charge in [-0.15, -0.1) is 0 Å². The summed E-state index contributed by atoms with van der Waals surface area (Å²) in [4.78, 5) is 11.3. The zero-order chi connectivity index (χ0) is 13.1. The fourth-order valence-corrected chi connectivity index (χ4v) is 3.37. The Morgan fingerprint density at radius 2 is 2.29 bits per heavy atom. The molecule has 2 N–H and O–H groups in total. The van der Waals surface area contributed by atoms with Crippen LogP contribution in [-0.2, 0) is 9.53 Å². The van der Waals surface area contributed by atoms with Crippen LogP contribution in [0.4, 0.5) is 0 Å². The van der Waals surface area contributed by atoms with Gasteiger partial charge in [-0.2, -0.15) is 11.8 Å². The lowest BCUT2D eigenvalue weighted by Gasteiger charge is -2.29. The summed E-state index contributed by atoms with van der Waals surface area (Å²) in [5, 5.41) is 12.9. The van der Waals surface area contributed by atoms with Gasteiger partial charge in [0.2, 0.25) is 0 Å². The third kappa shape index (κ3) is 4.16. The Hall–Kier alpha value is -0.260. The molecule has 100 valence electrons. The topological polar surface area (TPSA) is 58.6 Å². The predicted molar refractivity (Wildman–Crippen MR) is 70.6 cm³/mol. The van der Waals surface area contributed by atoms with E-state index in [1.54, 1.807) is 18.7 Å². The van der Waals surface area contributed by atoms with Crippen LogP contribution in [0.3, 0.4) is 0 Å². The summed E-state index contributed by atoms with van der Waals surface area (Å²) in [7, 11) is 0. The van der Waals surface area contributed by atoms with Crippen molar-refractivity contribution in [1.29, 1.82) is 0 Å². The number of carboxylic acid groups (broad SMARTS) is 1. The number of hydrogen-bond acceptors (Lipinski definition) is 4. The molecule has 0 aromatic carbocycles. The standard InChI is InChI=1S/C12H23NO3S/c1-8(2)13-12(4,11(14)15)7-17-10-5-6-16-9(10)3/h8-10,13H,5-7H2,1-4H3,(H,14,15). The fraction of sp³-hybridized carbons (Fsp3) is 0.917. The molecule has 1 fully saturated rings. The Morgan fingerprint density at radius 1 is 1.65 bits per heavy atom. The number of nitrogens with one attached hydrogen (secondary N) is 1. The molecule has 0 bridgehead atoms. The molecule has 4 nitrogen and oxygen atoms in total. The summed E-state index contributed by atoms with van der Waals surface area (Å²) < 4.78 is 5.48. The predicted octanol–water partition coefficient (Wildman–Crippen LogP) is 1.74. The van der Waals surface area contributed by atoms with Gasteiger partial charge in [0, 0.05) is 23.7 Å².